The fraction of sp³-hybridized carbons (Fsp3) is 0.100. The molecule has 0 amide bonds. The Bertz CT molecular complexity index is 473. The first kappa shape index (κ1) is 7.98. The minimum Gasteiger partial charge on any atom is -0.358 e. The lowest BCUT2D eigenvalue weighted by Crippen LogP contribution is -1.91. The predicted molar refractivity (Wildman–Crippen MR) is 48.3 cm³/mol. The van der Waals surface area contributed by atoms with Crippen LogP contribution >= 0.6 is 0 Å². The number of hydrogen-bond acceptors (Lipinski definition) is 1. The van der Waals surface area contributed by atoms with E-state index in [4.69, 9.17) is 0 Å². The number of nitrogens with one attached hydrogen (secondary N) is 1. The number of aromatic nitrogens is 1. The maximum Gasteiger partial charge on any atom is 0.176 e. The molecule has 1 heterocycles. The number of ketones is 1. The van der Waals surface area contributed by atoms with Crippen LogP contribution in [0.15, 0.2) is 24.4 Å². The van der Waals surface area contributed by atoms with Gasteiger partial charge in [0.15, 0.2) is 5.78 Å². The Balaban J connectivity index is 2.79. The number of carbonyl (C=O) groups is 1. The SMILES string of the molecule is CC(=O)c1[nH]cc2ccc(F)cc12. The van der Waals surface area contributed by atoms with E-state index in [0.29, 0.717) is 11.1 Å². The summed E-state index contributed by atoms with van der Waals surface area (Å²) in [7, 11) is 0. The van der Waals surface area contributed by atoms with Crippen molar-refractivity contribution >= 4 is 16.6 Å². The zero-order chi connectivity index (χ0) is 9.42. The number of fused-ring (bicyclic) bond motifs is 1. The van der Waals surface area contributed by atoms with Gasteiger partial charge in [-0.2, -0.15) is 0 Å². The number of aromatic amines is 1. The molecule has 0 fully saturated rings. The number of halogens is 1. The minimum atomic E-state index is -0.324. The summed E-state index contributed by atoms with van der Waals surface area (Å²) in [6.45, 7) is 1.45. The molecule has 3 heteroatoms. The van der Waals surface area contributed by atoms with Crippen LogP contribution in [0.5, 0.6) is 0 Å². The Morgan fingerprint density at radius 3 is 2.92 bits per heavy atom. The smallest absolute Gasteiger partial charge is 0.176 e. The number of H-pyrrole nitrogens is 1. The quantitative estimate of drug-likeness (QED) is 0.667. The molecule has 2 nitrogen and oxygen atoms in total. The average Bonchev–Trinajstić information content (AvgIpc) is 2.46. The summed E-state index contributed by atoms with van der Waals surface area (Å²) in [5.41, 5.74) is 0.467. The molecule has 0 spiro atoms. The summed E-state index contributed by atoms with van der Waals surface area (Å²) >= 11 is 0. The Labute approximate surface area is 74.4 Å². The highest BCUT2D eigenvalue weighted by molar-refractivity contribution is 6.05. The zero-order valence-corrected chi connectivity index (χ0v) is 7.10. The first-order valence-corrected chi connectivity index (χ1v) is 3.96. The van der Waals surface area contributed by atoms with Crippen molar-refractivity contribution in [2.45, 2.75) is 6.92 Å². The second-order valence-corrected chi connectivity index (χ2v) is 2.95. The average molecular weight is 177 g/mol. The summed E-state index contributed by atoms with van der Waals surface area (Å²) in [6.07, 6.45) is 1.70. The van der Waals surface area contributed by atoms with E-state index in [1.165, 1.54) is 19.1 Å². The lowest BCUT2D eigenvalue weighted by molar-refractivity contribution is 0.101. The summed E-state index contributed by atoms with van der Waals surface area (Å²) < 4.78 is 12.8. The van der Waals surface area contributed by atoms with Gasteiger partial charge in [0.25, 0.3) is 0 Å². The van der Waals surface area contributed by atoms with Crippen molar-refractivity contribution in [2.75, 3.05) is 0 Å². The third-order valence-corrected chi connectivity index (χ3v) is 2.01. The lowest BCUT2D eigenvalue weighted by Gasteiger charge is -1.92. The van der Waals surface area contributed by atoms with Gasteiger partial charge in [-0.25, -0.2) is 4.39 Å². The van der Waals surface area contributed by atoms with Gasteiger partial charge in [-0.05, 0) is 18.2 Å². The van der Waals surface area contributed by atoms with Crippen molar-refractivity contribution in [3.8, 4) is 0 Å². The van der Waals surface area contributed by atoms with Crippen molar-refractivity contribution in [1.29, 1.82) is 0 Å². The molecule has 1 aromatic carbocycles. The molecule has 0 saturated carbocycles. The van der Waals surface area contributed by atoms with E-state index < -0.39 is 0 Å². The van der Waals surface area contributed by atoms with E-state index in [9.17, 15) is 9.18 Å². The second kappa shape index (κ2) is 2.69. The maximum absolute atomic E-state index is 12.8. The second-order valence-electron chi connectivity index (χ2n) is 2.95. The number of carbonyl (C=O) groups excluding carboxylic acids is 1. The van der Waals surface area contributed by atoms with E-state index in [1.54, 1.807) is 12.3 Å². The summed E-state index contributed by atoms with van der Waals surface area (Å²) in [4.78, 5) is 13.9. The van der Waals surface area contributed by atoms with Crippen molar-refractivity contribution < 1.29 is 9.18 Å². The van der Waals surface area contributed by atoms with E-state index in [1.807, 2.05) is 0 Å². The van der Waals surface area contributed by atoms with Crippen molar-refractivity contribution in [1.82, 2.24) is 4.98 Å². The molecule has 2 rings (SSSR count). The third kappa shape index (κ3) is 1.22. The normalized spacial score (nSPS) is 10.6. The standard InChI is InChI=1S/C10H8FNO/c1-6(13)10-9-4-8(11)3-2-7(9)5-12-10/h2-5,12H,1H3. The van der Waals surface area contributed by atoms with E-state index in [0.717, 1.165) is 5.39 Å². The van der Waals surface area contributed by atoms with Gasteiger partial charge >= 0.3 is 0 Å². The predicted octanol–water partition coefficient (Wildman–Crippen LogP) is 2.51. The molecule has 0 bridgehead atoms. The molecule has 0 aliphatic rings. The van der Waals surface area contributed by atoms with Crippen LogP contribution in [0, 0.1) is 5.82 Å². The van der Waals surface area contributed by atoms with Gasteiger partial charge in [-0.1, -0.05) is 0 Å². The molecule has 1 N–H and O–H groups in total. The Kier molecular flexibility index (Phi) is 1.65. The highest BCUT2D eigenvalue weighted by Crippen LogP contribution is 2.19. The molecule has 1 aromatic heterocycles. The molecule has 13 heavy (non-hydrogen) atoms. The van der Waals surface area contributed by atoms with Crippen LogP contribution in [0.4, 0.5) is 4.39 Å². The van der Waals surface area contributed by atoms with Gasteiger partial charge < -0.3 is 4.98 Å². The van der Waals surface area contributed by atoms with Crippen LogP contribution in [0.1, 0.15) is 17.4 Å². The number of benzene rings is 1. The highest BCUT2D eigenvalue weighted by Gasteiger charge is 2.07. The molecule has 0 unspecified atom stereocenters. The highest BCUT2D eigenvalue weighted by atomic mass is 19.1. The number of rotatable bonds is 1. The topological polar surface area (TPSA) is 32.9 Å². The molecule has 0 atom stereocenters. The van der Waals surface area contributed by atoms with Gasteiger partial charge in [0, 0.05) is 23.9 Å². The van der Waals surface area contributed by atoms with Crippen LogP contribution in [-0.4, -0.2) is 10.8 Å². The Morgan fingerprint density at radius 2 is 2.23 bits per heavy atom. The monoisotopic (exact) mass is 177 g/mol. The number of hydrogen-bond donors (Lipinski definition) is 1. The van der Waals surface area contributed by atoms with Crippen molar-refractivity contribution in [2.24, 2.45) is 0 Å². The van der Waals surface area contributed by atoms with Crippen molar-refractivity contribution in [3.05, 3.63) is 35.9 Å². The van der Waals surface area contributed by atoms with Gasteiger partial charge in [0.2, 0.25) is 0 Å². The molecular weight excluding hydrogens is 169 g/mol. The van der Waals surface area contributed by atoms with Crippen LogP contribution in [0.25, 0.3) is 10.8 Å². The van der Waals surface area contributed by atoms with Crippen LogP contribution in [0.3, 0.4) is 0 Å². The van der Waals surface area contributed by atoms with E-state index in [-0.39, 0.29) is 11.6 Å². The summed E-state index contributed by atoms with van der Waals surface area (Å²) in [5.74, 6) is -0.407. The van der Waals surface area contributed by atoms with Crippen LogP contribution < -0.4 is 0 Å². The van der Waals surface area contributed by atoms with Gasteiger partial charge in [0.1, 0.15) is 5.82 Å². The molecule has 0 aliphatic heterocycles. The van der Waals surface area contributed by atoms with E-state index >= 15 is 0 Å². The molecule has 66 valence electrons. The fourth-order valence-electron chi connectivity index (χ4n) is 1.39. The largest absolute Gasteiger partial charge is 0.358 e. The maximum atomic E-state index is 12.8. The minimum absolute atomic E-state index is 0.0828. The molecule has 0 saturated heterocycles. The lowest BCUT2D eigenvalue weighted by atomic mass is 10.1. The first-order chi connectivity index (χ1) is 6.18. The van der Waals surface area contributed by atoms with Gasteiger partial charge in [-0.15, -0.1) is 0 Å². The van der Waals surface area contributed by atoms with Gasteiger partial charge in [0.05, 0.1) is 5.69 Å². The van der Waals surface area contributed by atoms with Crippen LogP contribution in [0.2, 0.25) is 0 Å². The molecule has 0 radical (unpaired) electrons. The summed E-state index contributed by atoms with van der Waals surface area (Å²) in [6, 6.07) is 4.39. The number of Topliss-reactive ketones (excluding diaryl/α,β-unsaturated/α-hetero) is 1. The summed E-state index contributed by atoms with van der Waals surface area (Å²) in [5, 5.41) is 1.50. The molecule has 2 aromatic rings. The zero-order valence-electron chi connectivity index (χ0n) is 7.10. The third-order valence-electron chi connectivity index (χ3n) is 2.01. The van der Waals surface area contributed by atoms with Crippen LogP contribution in [-0.2, 0) is 0 Å². The van der Waals surface area contributed by atoms with E-state index in [2.05, 4.69) is 4.98 Å². The molecular formula is C10H8FNO. The Hall–Kier alpha value is -1.64. The fourth-order valence-corrected chi connectivity index (χ4v) is 1.39. The van der Waals surface area contributed by atoms with Crippen molar-refractivity contribution in [3.63, 3.8) is 0 Å². The molecule has 0 aliphatic carbocycles. The first-order valence-electron chi connectivity index (χ1n) is 3.96. The van der Waals surface area contributed by atoms with Gasteiger partial charge in [-0.3, -0.25) is 4.79 Å². The Morgan fingerprint density at radius 1 is 1.46 bits per heavy atom.